The highest BCUT2D eigenvalue weighted by molar-refractivity contribution is 7.89. The van der Waals surface area contributed by atoms with Crippen LogP contribution in [0.4, 0.5) is 17.1 Å². The van der Waals surface area contributed by atoms with Crippen LogP contribution in [0.25, 0.3) is 10.9 Å². The van der Waals surface area contributed by atoms with E-state index < -0.39 is 14.9 Å². The molecule has 2 atom stereocenters. The van der Waals surface area contributed by atoms with E-state index in [-0.39, 0.29) is 33.9 Å². The molecule has 0 saturated carbocycles. The fraction of sp³-hybridized carbons (Fsp3) is 0.333. The van der Waals surface area contributed by atoms with Gasteiger partial charge < -0.3 is 10.1 Å². The Hall–Kier alpha value is -3.31. The first kappa shape index (κ1) is 21.9. The lowest BCUT2D eigenvalue weighted by molar-refractivity contribution is -0.385. The van der Waals surface area contributed by atoms with Crippen LogP contribution in [-0.4, -0.2) is 40.3 Å². The Morgan fingerprint density at radius 1 is 1.19 bits per heavy atom. The highest BCUT2D eigenvalue weighted by atomic mass is 32.2. The molecule has 168 valence electrons. The highest BCUT2D eigenvalue weighted by Crippen LogP contribution is 2.39. The molecule has 0 amide bonds. The average Bonchev–Trinajstić information content (AvgIpc) is 3.06. The number of fused-ring (bicyclic) bond motifs is 1. The summed E-state index contributed by atoms with van der Waals surface area (Å²) in [7, 11) is -4.06. The van der Waals surface area contributed by atoms with Gasteiger partial charge in [-0.2, -0.15) is 4.31 Å². The number of nitrogens with zero attached hydrogens (tertiary/aromatic N) is 4. The molecule has 2 heterocycles. The summed E-state index contributed by atoms with van der Waals surface area (Å²) in [5, 5.41) is 30.3. The van der Waals surface area contributed by atoms with Gasteiger partial charge in [-0.3, -0.25) is 10.1 Å². The van der Waals surface area contributed by atoms with Crippen molar-refractivity contribution in [2.24, 2.45) is 16.1 Å². The van der Waals surface area contributed by atoms with Crippen molar-refractivity contribution in [2.75, 3.05) is 6.54 Å². The second-order valence-electron chi connectivity index (χ2n) is 8.07. The Morgan fingerprint density at radius 2 is 1.94 bits per heavy atom. The molecule has 1 saturated heterocycles. The number of H-pyrrole nitrogens is 1. The Labute approximate surface area is 184 Å². The van der Waals surface area contributed by atoms with Gasteiger partial charge in [-0.1, -0.05) is 25.1 Å². The summed E-state index contributed by atoms with van der Waals surface area (Å²) in [6.45, 7) is 4.23. The van der Waals surface area contributed by atoms with Gasteiger partial charge in [0.1, 0.15) is 10.6 Å². The minimum atomic E-state index is -4.06. The number of aromatic amines is 1. The number of aromatic nitrogens is 1. The number of hydrogen-bond donors (Lipinski definition) is 2. The molecule has 3 aromatic rings. The maximum Gasteiger partial charge on any atom is 0.270 e. The quantitative estimate of drug-likeness (QED) is 0.315. The lowest BCUT2D eigenvalue weighted by Crippen LogP contribution is -2.44. The van der Waals surface area contributed by atoms with Crippen LogP contribution in [0.5, 0.6) is 5.88 Å². The molecule has 0 aliphatic carbocycles. The van der Waals surface area contributed by atoms with Crippen LogP contribution in [0.2, 0.25) is 0 Å². The monoisotopic (exact) mass is 457 g/mol. The van der Waals surface area contributed by atoms with Gasteiger partial charge in [0.05, 0.1) is 10.4 Å². The van der Waals surface area contributed by atoms with Gasteiger partial charge in [0, 0.05) is 30.1 Å². The number of nitro groups is 1. The van der Waals surface area contributed by atoms with Crippen molar-refractivity contribution in [3.8, 4) is 5.88 Å². The van der Waals surface area contributed by atoms with Crippen LogP contribution in [0.3, 0.4) is 0 Å². The summed E-state index contributed by atoms with van der Waals surface area (Å²) in [5.41, 5.74) is 0.413. The fourth-order valence-electron chi connectivity index (χ4n) is 4.09. The number of nitrogens with one attached hydrogen (secondary N) is 1. The average molecular weight is 458 g/mol. The van der Waals surface area contributed by atoms with Gasteiger partial charge in [-0.15, -0.1) is 10.2 Å². The van der Waals surface area contributed by atoms with Crippen molar-refractivity contribution >= 4 is 38.0 Å². The molecule has 11 heteroatoms. The number of non-ortho nitro benzene ring substituents is 1. The van der Waals surface area contributed by atoms with E-state index in [2.05, 4.69) is 22.1 Å². The second kappa shape index (κ2) is 8.32. The maximum absolute atomic E-state index is 13.5. The van der Waals surface area contributed by atoms with E-state index >= 15 is 0 Å². The standard InChI is InChI=1S/C21H23N5O5S/c1-13-9-10-25(14(2)11-13)32(30,31)19-12-15(26(28)29)7-8-18(19)23-24-20-16-5-3-4-6-17(16)22-21(20)27/h3-8,12-14,22,27H,9-11H2,1-2H3/t13-,14+/m0/s1. The predicted octanol–water partition coefficient (Wildman–Crippen LogP) is 5.01. The van der Waals surface area contributed by atoms with Gasteiger partial charge in [-0.25, -0.2) is 8.42 Å². The van der Waals surface area contributed by atoms with E-state index in [9.17, 15) is 23.6 Å². The third kappa shape index (κ3) is 3.96. The number of azo groups is 1. The Balaban J connectivity index is 1.80. The van der Waals surface area contributed by atoms with Gasteiger partial charge in [0.25, 0.3) is 5.69 Å². The number of piperidine rings is 1. The van der Waals surface area contributed by atoms with E-state index in [1.54, 1.807) is 24.3 Å². The smallest absolute Gasteiger partial charge is 0.270 e. The maximum atomic E-state index is 13.5. The Bertz CT molecular complexity index is 1320. The van der Waals surface area contributed by atoms with Crippen molar-refractivity contribution in [2.45, 2.75) is 37.6 Å². The van der Waals surface area contributed by atoms with Crippen LogP contribution in [0.1, 0.15) is 26.7 Å². The van der Waals surface area contributed by atoms with Crippen molar-refractivity contribution in [3.05, 3.63) is 52.6 Å². The van der Waals surface area contributed by atoms with Crippen molar-refractivity contribution in [1.82, 2.24) is 9.29 Å². The first-order valence-corrected chi connectivity index (χ1v) is 11.6. The number of rotatable bonds is 5. The summed E-state index contributed by atoms with van der Waals surface area (Å²) in [6, 6.07) is 10.3. The van der Waals surface area contributed by atoms with Crippen molar-refractivity contribution in [1.29, 1.82) is 0 Å². The second-order valence-corrected chi connectivity index (χ2v) is 9.93. The minimum Gasteiger partial charge on any atom is -0.493 e. The fourth-order valence-corrected chi connectivity index (χ4v) is 5.89. The summed E-state index contributed by atoms with van der Waals surface area (Å²) in [4.78, 5) is 13.2. The normalized spacial score (nSPS) is 20.2. The molecule has 1 aliphatic heterocycles. The molecule has 10 nitrogen and oxygen atoms in total. The molecular formula is C21H23N5O5S. The van der Waals surface area contributed by atoms with E-state index in [1.165, 1.54) is 16.4 Å². The van der Waals surface area contributed by atoms with Crippen molar-refractivity contribution < 1.29 is 18.4 Å². The predicted molar refractivity (Wildman–Crippen MR) is 119 cm³/mol. The molecule has 0 radical (unpaired) electrons. The molecule has 1 fully saturated rings. The molecule has 1 aromatic heterocycles. The van der Waals surface area contributed by atoms with Gasteiger partial charge in [-0.05, 0) is 37.8 Å². The topological polar surface area (TPSA) is 141 Å². The van der Waals surface area contributed by atoms with Crippen LogP contribution in [-0.2, 0) is 10.0 Å². The van der Waals surface area contributed by atoms with Crippen LogP contribution in [0, 0.1) is 16.0 Å². The molecule has 2 N–H and O–H groups in total. The summed E-state index contributed by atoms with van der Waals surface area (Å²) < 4.78 is 28.3. The highest BCUT2D eigenvalue weighted by Gasteiger charge is 2.35. The molecule has 0 unspecified atom stereocenters. The summed E-state index contributed by atoms with van der Waals surface area (Å²) in [5.74, 6) is 0.186. The first-order chi connectivity index (χ1) is 15.2. The number of nitro benzene ring substituents is 1. The van der Waals surface area contributed by atoms with E-state index in [1.807, 2.05) is 6.92 Å². The zero-order valence-electron chi connectivity index (χ0n) is 17.6. The zero-order valence-corrected chi connectivity index (χ0v) is 18.4. The summed E-state index contributed by atoms with van der Waals surface area (Å²) >= 11 is 0. The number of hydrogen-bond acceptors (Lipinski definition) is 7. The largest absolute Gasteiger partial charge is 0.493 e. The van der Waals surface area contributed by atoms with Crippen LogP contribution in [0.15, 0.2) is 57.6 Å². The van der Waals surface area contributed by atoms with E-state index in [0.29, 0.717) is 36.2 Å². The van der Waals surface area contributed by atoms with E-state index in [4.69, 9.17) is 0 Å². The number of benzene rings is 2. The molecule has 0 spiro atoms. The number of aromatic hydroxyl groups is 1. The Kier molecular flexibility index (Phi) is 5.70. The molecular weight excluding hydrogens is 434 g/mol. The minimum absolute atomic E-state index is 0.0360. The lowest BCUT2D eigenvalue weighted by atomic mass is 9.95. The summed E-state index contributed by atoms with van der Waals surface area (Å²) in [6.07, 6.45) is 1.41. The molecule has 32 heavy (non-hydrogen) atoms. The molecule has 0 bridgehead atoms. The molecule has 2 aromatic carbocycles. The van der Waals surface area contributed by atoms with E-state index in [0.717, 1.165) is 6.07 Å². The zero-order chi connectivity index (χ0) is 23.0. The first-order valence-electron chi connectivity index (χ1n) is 10.2. The number of sulfonamides is 1. The SMILES string of the molecule is C[C@H]1CCN(S(=O)(=O)c2cc([N+](=O)[O-])ccc2N=Nc2c(O)[nH]c3ccccc23)[C@H](C)C1. The number of para-hydroxylation sites is 1. The molecule has 4 rings (SSSR count). The lowest BCUT2D eigenvalue weighted by Gasteiger charge is -2.35. The third-order valence-corrected chi connectivity index (χ3v) is 7.78. The van der Waals surface area contributed by atoms with Crippen LogP contribution < -0.4 is 0 Å². The van der Waals surface area contributed by atoms with Gasteiger partial charge in [0.2, 0.25) is 15.9 Å². The molecule has 1 aliphatic rings. The third-order valence-electron chi connectivity index (χ3n) is 5.74. The van der Waals surface area contributed by atoms with Gasteiger partial charge in [0.15, 0.2) is 5.69 Å². The van der Waals surface area contributed by atoms with Crippen LogP contribution >= 0.6 is 0 Å². The van der Waals surface area contributed by atoms with Crippen molar-refractivity contribution in [3.63, 3.8) is 0 Å². The Morgan fingerprint density at radius 3 is 2.66 bits per heavy atom. The van der Waals surface area contributed by atoms with Gasteiger partial charge >= 0.3 is 0 Å².